The van der Waals surface area contributed by atoms with Gasteiger partial charge in [-0.05, 0) is 67.1 Å². The molecule has 1 amide bonds. The molecule has 1 aliphatic rings. The number of anilines is 2. The lowest BCUT2D eigenvalue weighted by Crippen LogP contribution is -2.49. The monoisotopic (exact) mass is 496 g/mol. The summed E-state index contributed by atoms with van der Waals surface area (Å²) in [6, 6.07) is 15.9. The van der Waals surface area contributed by atoms with Crippen molar-refractivity contribution in [1.82, 2.24) is 4.90 Å². The van der Waals surface area contributed by atoms with E-state index >= 15 is 0 Å². The summed E-state index contributed by atoms with van der Waals surface area (Å²) in [4.78, 5) is 16.4. The Balaban J connectivity index is 1.40. The summed E-state index contributed by atoms with van der Waals surface area (Å²) in [5.41, 5.74) is 1.37. The number of hydrogen-bond acceptors (Lipinski definition) is 5. The van der Waals surface area contributed by atoms with Gasteiger partial charge in [0, 0.05) is 37.4 Å². The maximum atomic E-state index is 13.9. The molecule has 0 atom stereocenters. The van der Waals surface area contributed by atoms with Crippen molar-refractivity contribution in [3.63, 3.8) is 0 Å². The summed E-state index contributed by atoms with van der Waals surface area (Å²) in [7, 11) is -3.91. The van der Waals surface area contributed by atoms with E-state index in [9.17, 15) is 27.3 Å². The van der Waals surface area contributed by atoms with E-state index < -0.39 is 21.7 Å². The van der Waals surface area contributed by atoms with Crippen LogP contribution in [-0.2, 0) is 10.0 Å². The van der Waals surface area contributed by atoms with Crippen molar-refractivity contribution in [2.24, 2.45) is 0 Å². The van der Waals surface area contributed by atoms with Gasteiger partial charge in [-0.1, -0.05) is 6.07 Å². The van der Waals surface area contributed by atoms with Gasteiger partial charge in [0.25, 0.3) is 15.9 Å². The first-order valence-corrected chi connectivity index (χ1v) is 12.3. The molecular weight excluding hydrogens is 474 g/mol. The van der Waals surface area contributed by atoms with Gasteiger partial charge in [-0.3, -0.25) is 9.52 Å². The summed E-state index contributed by atoms with van der Waals surface area (Å²) in [6.07, 6.45) is 0. The van der Waals surface area contributed by atoms with Crippen LogP contribution in [0, 0.1) is 29.9 Å². The van der Waals surface area contributed by atoms with Crippen LogP contribution < -0.4 is 9.62 Å². The summed E-state index contributed by atoms with van der Waals surface area (Å²) in [5.74, 6) is -1.28. The number of nitrogens with one attached hydrogen (secondary N) is 1. The third-order valence-corrected chi connectivity index (χ3v) is 7.21. The highest BCUT2D eigenvalue weighted by atomic mass is 32.2. The van der Waals surface area contributed by atoms with Crippen molar-refractivity contribution in [2.45, 2.75) is 11.8 Å². The molecule has 1 N–H and O–H groups in total. The first-order chi connectivity index (χ1) is 16.7. The van der Waals surface area contributed by atoms with E-state index in [-0.39, 0.29) is 27.6 Å². The van der Waals surface area contributed by atoms with Crippen molar-refractivity contribution in [1.29, 1.82) is 5.26 Å². The molecule has 0 bridgehead atoms. The van der Waals surface area contributed by atoms with E-state index in [0.717, 1.165) is 6.07 Å². The zero-order valence-electron chi connectivity index (χ0n) is 18.8. The van der Waals surface area contributed by atoms with Gasteiger partial charge in [0.2, 0.25) is 0 Å². The van der Waals surface area contributed by atoms with Crippen molar-refractivity contribution in [3.05, 3.63) is 89.0 Å². The number of carbonyl (C=O) groups excluding carboxylic acids is 1. The number of hydrogen-bond donors (Lipinski definition) is 1. The average molecular weight is 497 g/mol. The third kappa shape index (κ3) is 5.10. The normalized spacial score (nSPS) is 13.9. The van der Waals surface area contributed by atoms with Crippen LogP contribution in [0.15, 0.2) is 65.6 Å². The van der Waals surface area contributed by atoms with E-state index in [1.165, 1.54) is 49.4 Å². The van der Waals surface area contributed by atoms with Crippen LogP contribution in [0.2, 0.25) is 0 Å². The highest BCUT2D eigenvalue weighted by molar-refractivity contribution is 7.92. The van der Waals surface area contributed by atoms with Crippen molar-refractivity contribution in [3.8, 4) is 6.07 Å². The second kappa shape index (κ2) is 9.72. The zero-order valence-corrected chi connectivity index (χ0v) is 19.6. The minimum atomic E-state index is -3.91. The second-order valence-corrected chi connectivity index (χ2v) is 9.80. The zero-order chi connectivity index (χ0) is 25.2. The molecule has 1 saturated heterocycles. The van der Waals surface area contributed by atoms with Gasteiger partial charge in [-0.25, -0.2) is 17.2 Å². The van der Waals surface area contributed by atoms with E-state index in [0.29, 0.717) is 37.4 Å². The fourth-order valence-electron chi connectivity index (χ4n) is 3.90. The predicted octanol–water partition coefficient (Wildman–Crippen LogP) is 3.91. The lowest BCUT2D eigenvalue weighted by atomic mass is 10.1. The number of sulfonamides is 1. The average Bonchev–Trinajstić information content (AvgIpc) is 2.85. The number of amides is 1. The molecule has 180 valence electrons. The smallest absolute Gasteiger partial charge is 0.261 e. The lowest BCUT2D eigenvalue weighted by molar-refractivity contribution is 0.0746. The minimum absolute atomic E-state index is 0.0129. The maximum absolute atomic E-state index is 13.9. The Morgan fingerprint density at radius 1 is 0.971 bits per heavy atom. The quantitative estimate of drug-likeness (QED) is 0.578. The molecule has 4 rings (SSSR count). The Morgan fingerprint density at radius 2 is 1.66 bits per heavy atom. The molecule has 1 heterocycles. The van der Waals surface area contributed by atoms with Crippen LogP contribution in [0.1, 0.15) is 21.5 Å². The molecule has 3 aromatic carbocycles. The number of piperazine rings is 1. The summed E-state index contributed by atoms with van der Waals surface area (Å²) in [5, 5.41) is 9.26. The Morgan fingerprint density at radius 3 is 2.29 bits per heavy atom. The van der Waals surface area contributed by atoms with Crippen LogP contribution >= 0.6 is 0 Å². The molecule has 7 nitrogen and oxygen atoms in total. The van der Waals surface area contributed by atoms with Gasteiger partial charge in [0.05, 0.1) is 10.6 Å². The van der Waals surface area contributed by atoms with Gasteiger partial charge in [0.1, 0.15) is 23.3 Å². The molecule has 35 heavy (non-hydrogen) atoms. The third-order valence-electron chi connectivity index (χ3n) is 5.83. The molecule has 0 aliphatic carbocycles. The summed E-state index contributed by atoms with van der Waals surface area (Å²) < 4.78 is 55.0. The SMILES string of the molecule is Cc1cc(S(=O)(=O)Nc2ccc(C(=O)N3CCN(c4cccc(F)c4C#N)CC3)cc2)ccc1F. The van der Waals surface area contributed by atoms with Crippen LogP contribution in [0.25, 0.3) is 0 Å². The molecule has 1 fully saturated rings. The van der Waals surface area contributed by atoms with Gasteiger partial charge in [0.15, 0.2) is 0 Å². The van der Waals surface area contributed by atoms with Crippen molar-refractivity contribution >= 4 is 27.3 Å². The first-order valence-electron chi connectivity index (χ1n) is 10.8. The Hall–Kier alpha value is -3.97. The highest BCUT2D eigenvalue weighted by Crippen LogP contribution is 2.24. The van der Waals surface area contributed by atoms with E-state index in [4.69, 9.17) is 0 Å². The van der Waals surface area contributed by atoms with Gasteiger partial charge in [-0.15, -0.1) is 0 Å². The number of nitriles is 1. The molecule has 0 spiro atoms. The van der Waals surface area contributed by atoms with Crippen LogP contribution in [-0.4, -0.2) is 45.4 Å². The number of rotatable bonds is 5. The lowest BCUT2D eigenvalue weighted by Gasteiger charge is -2.36. The van der Waals surface area contributed by atoms with Crippen molar-refractivity contribution in [2.75, 3.05) is 35.8 Å². The second-order valence-electron chi connectivity index (χ2n) is 8.12. The van der Waals surface area contributed by atoms with E-state index in [2.05, 4.69) is 4.72 Å². The Labute approximate surface area is 202 Å². The molecule has 1 aliphatic heterocycles. The largest absolute Gasteiger partial charge is 0.367 e. The van der Waals surface area contributed by atoms with Crippen LogP contribution in [0.3, 0.4) is 0 Å². The Kier molecular flexibility index (Phi) is 6.71. The molecule has 0 radical (unpaired) electrons. The Bertz CT molecular complexity index is 1410. The van der Waals surface area contributed by atoms with Gasteiger partial charge >= 0.3 is 0 Å². The molecular formula is C25H22F2N4O3S. The molecule has 0 unspecified atom stereocenters. The minimum Gasteiger partial charge on any atom is -0.367 e. The fourth-order valence-corrected chi connectivity index (χ4v) is 5.04. The maximum Gasteiger partial charge on any atom is 0.261 e. The van der Waals surface area contributed by atoms with Crippen molar-refractivity contribution < 1.29 is 22.0 Å². The van der Waals surface area contributed by atoms with Crippen LogP contribution in [0.5, 0.6) is 0 Å². The van der Waals surface area contributed by atoms with Gasteiger partial charge < -0.3 is 9.80 Å². The van der Waals surface area contributed by atoms with E-state index in [1.54, 1.807) is 17.0 Å². The van der Waals surface area contributed by atoms with E-state index in [1.807, 2.05) is 11.0 Å². The standard InChI is InChI=1S/C25H22F2N4O3S/c1-17-15-20(9-10-22(17)26)35(33,34)29-19-7-5-18(6-8-19)25(32)31-13-11-30(12-14-31)24-4-2-3-23(27)21(24)16-28/h2-10,15,29H,11-14H2,1H3. The summed E-state index contributed by atoms with van der Waals surface area (Å²) >= 11 is 0. The van der Waals surface area contributed by atoms with Gasteiger partial charge in [-0.2, -0.15) is 5.26 Å². The predicted molar refractivity (Wildman–Crippen MR) is 128 cm³/mol. The number of nitrogens with zero attached hydrogens (tertiary/aromatic N) is 3. The number of halogens is 2. The summed E-state index contributed by atoms with van der Waals surface area (Å²) in [6.45, 7) is 3.14. The molecule has 3 aromatic rings. The molecule has 0 saturated carbocycles. The number of carbonyl (C=O) groups is 1. The number of aryl methyl sites for hydroxylation is 1. The topological polar surface area (TPSA) is 93.5 Å². The fraction of sp³-hybridized carbons (Fsp3) is 0.200. The number of benzene rings is 3. The first kappa shape index (κ1) is 24.2. The van der Waals surface area contributed by atoms with Crippen LogP contribution in [0.4, 0.5) is 20.2 Å². The molecule has 10 heteroatoms. The highest BCUT2D eigenvalue weighted by Gasteiger charge is 2.24. The molecule has 0 aromatic heterocycles.